The van der Waals surface area contributed by atoms with Crippen molar-refractivity contribution in [2.24, 2.45) is 0 Å². The van der Waals surface area contributed by atoms with E-state index in [4.69, 9.17) is 21.1 Å². The molecule has 2 amide bonds. The van der Waals surface area contributed by atoms with Crippen LogP contribution in [-0.2, 0) is 26.2 Å². The molecule has 0 bridgehead atoms. The van der Waals surface area contributed by atoms with Crippen molar-refractivity contribution in [3.05, 3.63) is 82.9 Å². The van der Waals surface area contributed by atoms with Crippen LogP contribution >= 0.6 is 11.6 Å². The van der Waals surface area contributed by atoms with E-state index < -0.39 is 28.5 Å². The van der Waals surface area contributed by atoms with Gasteiger partial charge in [0.05, 0.1) is 24.8 Å². The number of hydrogen-bond acceptors (Lipinski definition) is 6. The molecule has 1 fully saturated rings. The van der Waals surface area contributed by atoms with Crippen LogP contribution in [0.15, 0.2) is 71.6 Å². The van der Waals surface area contributed by atoms with Gasteiger partial charge in [-0.2, -0.15) is 0 Å². The molecule has 236 valence electrons. The summed E-state index contributed by atoms with van der Waals surface area (Å²) < 4.78 is 40.0. The number of aryl methyl sites for hydroxylation is 1. The number of halogens is 1. The third-order valence-electron chi connectivity index (χ3n) is 8.06. The summed E-state index contributed by atoms with van der Waals surface area (Å²) in [6, 6.07) is 17.3. The van der Waals surface area contributed by atoms with Gasteiger partial charge in [-0.15, -0.1) is 0 Å². The molecule has 1 atom stereocenters. The van der Waals surface area contributed by atoms with Gasteiger partial charge in [0.2, 0.25) is 11.8 Å². The maximum Gasteiger partial charge on any atom is 0.264 e. The molecule has 4 rings (SSSR count). The number of sulfonamides is 1. The number of nitrogens with zero attached hydrogens (tertiary/aromatic N) is 2. The highest BCUT2D eigenvalue weighted by Crippen LogP contribution is 2.33. The minimum atomic E-state index is -4.30. The van der Waals surface area contributed by atoms with Crippen molar-refractivity contribution in [2.75, 3.05) is 25.1 Å². The lowest BCUT2D eigenvalue weighted by Crippen LogP contribution is -2.53. The molecule has 44 heavy (non-hydrogen) atoms. The molecule has 9 nitrogen and oxygen atoms in total. The Morgan fingerprint density at radius 3 is 2.25 bits per heavy atom. The molecule has 0 saturated heterocycles. The Hall–Kier alpha value is -3.76. The van der Waals surface area contributed by atoms with Crippen molar-refractivity contribution in [3.63, 3.8) is 0 Å². The monoisotopic (exact) mass is 641 g/mol. The Balaban J connectivity index is 1.71. The van der Waals surface area contributed by atoms with E-state index in [1.807, 2.05) is 31.2 Å². The van der Waals surface area contributed by atoms with Crippen LogP contribution in [0.25, 0.3) is 0 Å². The second-order valence-corrected chi connectivity index (χ2v) is 13.3. The molecule has 1 N–H and O–H groups in total. The standard InChI is InChI=1S/C33H40ClN3O6S/c1-23-10-8-9-11-25(23)21-36(24(2)33(39)35-27-12-6-5-7-13-27)32(38)22-37(28-16-14-26(34)15-17-28)44(40,41)29-18-19-30(42-3)31(20-29)43-4/h8-11,14-20,24,27H,5-7,12-13,21-22H2,1-4H3,(H,35,39)/t24-/m1/s1. The van der Waals surface area contributed by atoms with Crippen LogP contribution in [0.5, 0.6) is 11.5 Å². The highest BCUT2D eigenvalue weighted by molar-refractivity contribution is 7.92. The maximum atomic E-state index is 14.2. The lowest BCUT2D eigenvalue weighted by Gasteiger charge is -2.33. The molecule has 11 heteroatoms. The van der Waals surface area contributed by atoms with Crippen LogP contribution in [0.3, 0.4) is 0 Å². The van der Waals surface area contributed by atoms with Crippen molar-refractivity contribution in [3.8, 4) is 11.5 Å². The zero-order chi connectivity index (χ0) is 31.9. The molecule has 0 unspecified atom stereocenters. The number of benzene rings is 3. The van der Waals surface area contributed by atoms with Crippen molar-refractivity contribution in [2.45, 2.75) is 69.5 Å². The third-order valence-corrected chi connectivity index (χ3v) is 10.1. The van der Waals surface area contributed by atoms with Gasteiger partial charge in [-0.25, -0.2) is 8.42 Å². The number of ether oxygens (including phenoxy) is 2. The van der Waals surface area contributed by atoms with E-state index in [1.165, 1.54) is 37.3 Å². The first-order valence-corrected chi connectivity index (χ1v) is 16.5. The van der Waals surface area contributed by atoms with Gasteiger partial charge in [-0.05, 0) is 74.2 Å². The zero-order valence-electron chi connectivity index (χ0n) is 25.6. The summed E-state index contributed by atoms with van der Waals surface area (Å²) in [5, 5.41) is 3.53. The summed E-state index contributed by atoms with van der Waals surface area (Å²) in [5.41, 5.74) is 2.06. The molecule has 0 spiro atoms. The Morgan fingerprint density at radius 2 is 1.61 bits per heavy atom. The molecule has 1 aliphatic rings. The lowest BCUT2D eigenvalue weighted by atomic mass is 9.95. The normalized spacial score (nSPS) is 14.4. The van der Waals surface area contributed by atoms with E-state index >= 15 is 0 Å². The van der Waals surface area contributed by atoms with Gasteiger partial charge < -0.3 is 19.7 Å². The first-order valence-electron chi connectivity index (χ1n) is 14.7. The fourth-order valence-electron chi connectivity index (χ4n) is 5.36. The minimum absolute atomic E-state index is 0.0603. The molecule has 0 aromatic heterocycles. The molecule has 3 aromatic carbocycles. The largest absolute Gasteiger partial charge is 0.493 e. The van der Waals surface area contributed by atoms with Gasteiger partial charge in [0.25, 0.3) is 10.0 Å². The SMILES string of the molecule is COc1ccc(S(=O)(=O)N(CC(=O)N(Cc2ccccc2C)[C@H](C)C(=O)NC2CCCCC2)c2ccc(Cl)cc2)cc1OC. The molecule has 0 radical (unpaired) electrons. The maximum absolute atomic E-state index is 14.2. The smallest absolute Gasteiger partial charge is 0.264 e. The van der Waals surface area contributed by atoms with Gasteiger partial charge in [0.1, 0.15) is 12.6 Å². The molecular formula is C33H40ClN3O6S. The van der Waals surface area contributed by atoms with Crippen LogP contribution in [0.4, 0.5) is 5.69 Å². The topological polar surface area (TPSA) is 105 Å². The lowest BCUT2D eigenvalue weighted by molar-refractivity contribution is -0.139. The molecule has 0 aliphatic heterocycles. The van der Waals surface area contributed by atoms with Crippen molar-refractivity contribution < 1.29 is 27.5 Å². The predicted molar refractivity (Wildman–Crippen MR) is 172 cm³/mol. The van der Waals surface area contributed by atoms with E-state index in [2.05, 4.69) is 5.32 Å². The third kappa shape index (κ3) is 7.84. The van der Waals surface area contributed by atoms with Crippen LogP contribution in [0.2, 0.25) is 5.02 Å². The fraction of sp³-hybridized carbons (Fsp3) is 0.394. The first-order chi connectivity index (χ1) is 21.0. The van der Waals surface area contributed by atoms with Gasteiger partial charge in [0, 0.05) is 23.7 Å². The number of nitrogens with one attached hydrogen (secondary N) is 1. The zero-order valence-corrected chi connectivity index (χ0v) is 27.2. The number of hydrogen-bond donors (Lipinski definition) is 1. The van der Waals surface area contributed by atoms with Gasteiger partial charge in [0.15, 0.2) is 11.5 Å². The average Bonchev–Trinajstić information content (AvgIpc) is 3.03. The summed E-state index contributed by atoms with van der Waals surface area (Å²) in [4.78, 5) is 29.1. The Morgan fingerprint density at radius 1 is 0.955 bits per heavy atom. The van der Waals surface area contributed by atoms with Crippen LogP contribution in [-0.4, -0.2) is 58.0 Å². The Kier molecular flexibility index (Phi) is 11.2. The van der Waals surface area contributed by atoms with E-state index in [-0.39, 0.29) is 34.8 Å². The first kappa shape index (κ1) is 33.1. The highest BCUT2D eigenvalue weighted by atomic mass is 35.5. The molecule has 0 heterocycles. The molecule has 3 aromatic rings. The second-order valence-electron chi connectivity index (χ2n) is 11.0. The summed E-state index contributed by atoms with van der Waals surface area (Å²) >= 11 is 6.12. The number of anilines is 1. The number of rotatable bonds is 12. The van der Waals surface area contributed by atoms with Gasteiger partial charge in [-0.3, -0.25) is 13.9 Å². The summed E-state index contributed by atoms with van der Waals surface area (Å²) in [7, 11) is -1.42. The second kappa shape index (κ2) is 14.8. The summed E-state index contributed by atoms with van der Waals surface area (Å²) in [5.74, 6) is -0.203. The number of carbonyl (C=O) groups is 2. The molecule has 1 saturated carbocycles. The quantitative estimate of drug-likeness (QED) is 0.271. The highest BCUT2D eigenvalue weighted by Gasteiger charge is 2.34. The van der Waals surface area contributed by atoms with Gasteiger partial charge in [-0.1, -0.05) is 55.1 Å². The van der Waals surface area contributed by atoms with Crippen molar-refractivity contribution in [1.82, 2.24) is 10.2 Å². The number of carbonyl (C=O) groups excluding carboxylic acids is 2. The van der Waals surface area contributed by atoms with E-state index in [1.54, 1.807) is 31.2 Å². The molecular weight excluding hydrogens is 602 g/mol. The predicted octanol–water partition coefficient (Wildman–Crippen LogP) is 5.73. The summed E-state index contributed by atoms with van der Waals surface area (Å²) in [6.07, 6.45) is 5.05. The summed E-state index contributed by atoms with van der Waals surface area (Å²) in [6.45, 7) is 3.21. The minimum Gasteiger partial charge on any atom is -0.493 e. The molecule has 1 aliphatic carbocycles. The fourth-order valence-corrected chi connectivity index (χ4v) is 6.92. The van der Waals surface area contributed by atoms with E-state index in [0.29, 0.717) is 10.8 Å². The van der Waals surface area contributed by atoms with Crippen molar-refractivity contribution in [1.29, 1.82) is 0 Å². The average molecular weight is 642 g/mol. The van der Waals surface area contributed by atoms with Crippen LogP contribution in [0.1, 0.15) is 50.2 Å². The number of amides is 2. The van der Waals surface area contributed by atoms with Crippen molar-refractivity contribution >= 4 is 39.1 Å². The Bertz CT molecular complexity index is 1560. The number of methoxy groups -OCH3 is 2. The van der Waals surface area contributed by atoms with Gasteiger partial charge >= 0.3 is 0 Å². The van der Waals surface area contributed by atoms with Crippen LogP contribution < -0.4 is 19.1 Å². The van der Waals surface area contributed by atoms with E-state index in [9.17, 15) is 18.0 Å². The van der Waals surface area contributed by atoms with Crippen LogP contribution in [0, 0.1) is 6.92 Å². The van der Waals surface area contributed by atoms with E-state index in [0.717, 1.165) is 47.5 Å². The Labute approximate surface area is 265 Å².